The van der Waals surface area contributed by atoms with Gasteiger partial charge in [0.25, 0.3) is 0 Å². The molecule has 5 heteroatoms. The summed E-state index contributed by atoms with van der Waals surface area (Å²) in [4.78, 5) is 0.959. The summed E-state index contributed by atoms with van der Waals surface area (Å²) >= 11 is 7.85. The Morgan fingerprint density at radius 2 is 2.15 bits per heavy atom. The van der Waals surface area contributed by atoms with Crippen LogP contribution in [0.3, 0.4) is 0 Å². The molecule has 0 radical (unpaired) electrons. The van der Waals surface area contributed by atoms with Gasteiger partial charge in [0, 0.05) is 23.0 Å². The molecule has 0 saturated carbocycles. The summed E-state index contributed by atoms with van der Waals surface area (Å²) in [6.07, 6.45) is -0.0806. The maximum absolute atomic E-state index is 10.4. The average Bonchev–Trinajstić information content (AvgIpc) is 2.95. The predicted octanol–water partition coefficient (Wildman–Crippen LogP) is 3.87. The molecule has 3 aromatic rings. The third kappa shape index (κ3) is 2.35. The quantitative estimate of drug-likeness (QED) is 0.797. The molecule has 0 aliphatic carbocycles. The topological polar surface area (TPSA) is 38.0 Å². The Labute approximate surface area is 126 Å². The molecule has 3 nitrogen and oxygen atoms in total. The highest BCUT2D eigenvalue weighted by atomic mass is 35.5. The van der Waals surface area contributed by atoms with Crippen molar-refractivity contribution in [3.8, 4) is 0 Å². The van der Waals surface area contributed by atoms with E-state index < -0.39 is 6.10 Å². The van der Waals surface area contributed by atoms with Crippen molar-refractivity contribution in [1.82, 2.24) is 9.78 Å². The number of aliphatic hydroxyl groups is 1. The summed E-state index contributed by atoms with van der Waals surface area (Å²) in [6, 6.07) is 10.2. The van der Waals surface area contributed by atoms with Gasteiger partial charge >= 0.3 is 0 Å². The Morgan fingerprint density at radius 1 is 1.40 bits per heavy atom. The number of benzene rings is 1. The fourth-order valence-corrected chi connectivity index (χ4v) is 3.64. The van der Waals surface area contributed by atoms with E-state index >= 15 is 0 Å². The van der Waals surface area contributed by atoms with E-state index in [1.54, 1.807) is 16.0 Å². The van der Waals surface area contributed by atoms with Crippen LogP contribution in [-0.4, -0.2) is 14.9 Å². The van der Waals surface area contributed by atoms with Crippen LogP contribution in [0.5, 0.6) is 0 Å². The maximum Gasteiger partial charge on any atom is 0.0938 e. The third-order valence-electron chi connectivity index (χ3n) is 3.42. The lowest BCUT2D eigenvalue weighted by Crippen LogP contribution is -2.05. The smallest absolute Gasteiger partial charge is 0.0938 e. The van der Waals surface area contributed by atoms with E-state index in [9.17, 15) is 5.11 Å². The van der Waals surface area contributed by atoms with Gasteiger partial charge in [0.15, 0.2) is 0 Å². The number of aromatic nitrogens is 2. The molecule has 0 aliphatic rings. The normalized spacial score (nSPS) is 13.0. The van der Waals surface area contributed by atoms with Crippen LogP contribution >= 0.6 is 22.9 Å². The molecule has 104 valence electrons. The van der Waals surface area contributed by atoms with Gasteiger partial charge < -0.3 is 5.11 Å². The monoisotopic (exact) mass is 306 g/mol. The Kier molecular flexibility index (Phi) is 3.54. The standard InChI is InChI=1S/C15H15ClN2OS/c1-9-15(16)11(18(2)17-9)8-12(19)14-7-10-5-3-4-6-13(10)20-14/h3-7,12,19H,8H2,1-2H3. The summed E-state index contributed by atoms with van der Waals surface area (Å²) in [5.74, 6) is 0. The molecule has 1 N–H and O–H groups in total. The fraction of sp³-hybridized carbons (Fsp3) is 0.267. The first kappa shape index (κ1) is 13.6. The number of fused-ring (bicyclic) bond motifs is 1. The van der Waals surface area contributed by atoms with Crippen LogP contribution in [0.4, 0.5) is 0 Å². The molecule has 3 rings (SSSR count). The number of hydrogen-bond acceptors (Lipinski definition) is 3. The molecule has 2 heterocycles. The highest BCUT2D eigenvalue weighted by Crippen LogP contribution is 2.32. The predicted molar refractivity (Wildman–Crippen MR) is 83.4 cm³/mol. The van der Waals surface area contributed by atoms with E-state index in [4.69, 9.17) is 11.6 Å². The molecule has 1 unspecified atom stereocenters. The number of aliphatic hydroxyl groups excluding tert-OH is 1. The second-order valence-corrected chi connectivity index (χ2v) is 6.37. The first-order valence-electron chi connectivity index (χ1n) is 6.41. The minimum atomic E-state index is -0.556. The van der Waals surface area contributed by atoms with E-state index in [1.807, 2.05) is 32.2 Å². The average molecular weight is 307 g/mol. The Bertz CT molecular complexity index is 729. The zero-order chi connectivity index (χ0) is 14.3. The van der Waals surface area contributed by atoms with Crippen molar-refractivity contribution >= 4 is 33.0 Å². The van der Waals surface area contributed by atoms with Gasteiger partial charge in [-0.1, -0.05) is 29.8 Å². The van der Waals surface area contributed by atoms with Crippen molar-refractivity contribution in [2.45, 2.75) is 19.4 Å². The van der Waals surface area contributed by atoms with Gasteiger partial charge in [-0.2, -0.15) is 5.10 Å². The van der Waals surface area contributed by atoms with Gasteiger partial charge in [-0.15, -0.1) is 11.3 Å². The van der Waals surface area contributed by atoms with Gasteiger partial charge in [-0.25, -0.2) is 0 Å². The summed E-state index contributed by atoms with van der Waals surface area (Å²) < 4.78 is 2.93. The number of halogens is 1. The van der Waals surface area contributed by atoms with Crippen LogP contribution in [0.1, 0.15) is 22.4 Å². The van der Waals surface area contributed by atoms with E-state index in [0.717, 1.165) is 16.3 Å². The highest BCUT2D eigenvalue weighted by Gasteiger charge is 2.18. The maximum atomic E-state index is 10.4. The molecular formula is C15H15ClN2OS. The molecule has 2 aromatic heterocycles. The molecule has 0 fully saturated rings. The number of rotatable bonds is 3. The summed E-state index contributed by atoms with van der Waals surface area (Å²) in [5.41, 5.74) is 1.67. The molecule has 20 heavy (non-hydrogen) atoms. The largest absolute Gasteiger partial charge is 0.387 e. The number of nitrogens with zero attached hydrogens (tertiary/aromatic N) is 2. The Hall–Kier alpha value is -1.36. The number of aryl methyl sites for hydroxylation is 2. The summed E-state index contributed by atoms with van der Waals surface area (Å²) in [6.45, 7) is 1.87. The summed E-state index contributed by atoms with van der Waals surface area (Å²) in [5, 5.41) is 16.5. The van der Waals surface area contributed by atoms with Crippen LogP contribution in [-0.2, 0) is 13.5 Å². The van der Waals surface area contributed by atoms with E-state index in [1.165, 1.54) is 10.1 Å². The molecule has 1 aromatic carbocycles. The lowest BCUT2D eigenvalue weighted by molar-refractivity contribution is 0.179. The molecule has 0 bridgehead atoms. The SMILES string of the molecule is Cc1nn(C)c(CC(O)c2cc3ccccc3s2)c1Cl. The lowest BCUT2D eigenvalue weighted by Gasteiger charge is -2.09. The van der Waals surface area contributed by atoms with Gasteiger partial charge in [-0.05, 0) is 24.4 Å². The second-order valence-electron chi connectivity index (χ2n) is 4.88. The van der Waals surface area contributed by atoms with Gasteiger partial charge in [0.1, 0.15) is 0 Å². The van der Waals surface area contributed by atoms with E-state index in [2.05, 4.69) is 17.2 Å². The molecule has 0 aliphatic heterocycles. The van der Waals surface area contributed by atoms with Gasteiger partial charge in [0.2, 0.25) is 0 Å². The van der Waals surface area contributed by atoms with Crippen molar-refractivity contribution in [3.05, 3.63) is 51.6 Å². The minimum absolute atomic E-state index is 0.475. The number of thiophene rings is 1. The second kappa shape index (κ2) is 5.20. The Balaban J connectivity index is 1.90. The fourth-order valence-electron chi connectivity index (χ4n) is 2.35. The minimum Gasteiger partial charge on any atom is -0.387 e. The lowest BCUT2D eigenvalue weighted by atomic mass is 10.1. The Morgan fingerprint density at radius 3 is 2.80 bits per heavy atom. The zero-order valence-corrected chi connectivity index (χ0v) is 12.9. The van der Waals surface area contributed by atoms with Crippen molar-refractivity contribution < 1.29 is 5.11 Å². The van der Waals surface area contributed by atoms with E-state index in [-0.39, 0.29) is 0 Å². The van der Waals surface area contributed by atoms with Gasteiger partial charge in [0.05, 0.1) is 22.5 Å². The zero-order valence-electron chi connectivity index (χ0n) is 11.3. The third-order valence-corrected chi connectivity index (χ3v) is 5.13. The van der Waals surface area contributed by atoms with Crippen molar-refractivity contribution in [2.24, 2.45) is 7.05 Å². The summed E-state index contributed by atoms with van der Waals surface area (Å²) in [7, 11) is 1.85. The van der Waals surface area contributed by atoms with Gasteiger partial charge in [-0.3, -0.25) is 4.68 Å². The molecule has 0 spiro atoms. The van der Waals surface area contributed by atoms with Crippen LogP contribution in [0.25, 0.3) is 10.1 Å². The molecule has 0 saturated heterocycles. The molecular weight excluding hydrogens is 292 g/mol. The molecule has 1 atom stereocenters. The van der Waals surface area contributed by atoms with Crippen LogP contribution in [0.15, 0.2) is 30.3 Å². The van der Waals surface area contributed by atoms with Crippen LogP contribution in [0.2, 0.25) is 5.02 Å². The van der Waals surface area contributed by atoms with Crippen molar-refractivity contribution in [2.75, 3.05) is 0 Å². The van der Waals surface area contributed by atoms with Crippen LogP contribution in [0, 0.1) is 6.92 Å². The van der Waals surface area contributed by atoms with Crippen molar-refractivity contribution in [1.29, 1.82) is 0 Å². The highest BCUT2D eigenvalue weighted by molar-refractivity contribution is 7.19. The van der Waals surface area contributed by atoms with E-state index in [0.29, 0.717) is 11.4 Å². The first-order chi connectivity index (χ1) is 9.56. The van der Waals surface area contributed by atoms with Crippen molar-refractivity contribution in [3.63, 3.8) is 0 Å². The number of hydrogen-bond donors (Lipinski definition) is 1. The molecule has 0 amide bonds. The van der Waals surface area contributed by atoms with Crippen LogP contribution < -0.4 is 0 Å². The first-order valence-corrected chi connectivity index (χ1v) is 7.60.